The quantitative estimate of drug-likeness (QED) is 0.239. The number of fused-ring (bicyclic) bond motifs is 2. The van der Waals surface area contributed by atoms with Gasteiger partial charge in [0, 0.05) is 21.5 Å². The number of hydrogen-bond donors (Lipinski definition) is 1. The molecule has 5 rings (SSSR count). The highest BCUT2D eigenvalue weighted by Gasteiger charge is 2.24. The highest BCUT2D eigenvalue weighted by atomic mass is 16.6. The fraction of sp³-hybridized carbons (Fsp3) is 0.400. The number of hydrogen-bond acceptors (Lipinski definition) is 7. The largest absolute Gasteiger partial charge is 0.490 e. The molecule has 0 aliphatic carbocycles. The predicted molar refractivity (Wildman–Crippen MR) is 121 cm³/mol. The van der Waals surface area contributed by atoms with Crippen molar-refractivity contribution in [3.63, 3.8) is 0 Å². The van der Waals surface area contributed by atoms with Crippen LogP contribution < -0.4 is 9.47 Å². The maximum absolute atomic E-state index is 12.1. The average molecular weight is 454 g/mol. The van der Waals surface area contributed by atoms with E-state index in [0.717, 1.165) is 24.0 Å². The van der Waals surface area contributed by atoms with Crippen LogP contribution in [0.3, 0.4) is 0 Å². The molecule has 0 spiro atoms. The SMILES string of the molecule is O=C(O)c1cccc2c(OCCOCC3CO3)c3ccccc3c(OCCOCC3CO3)c12. The van der Waals surface area contributed by atoms with Crippen molar-refractivity contribution in [2.45, 2.75) is 12.2 Å². The first-order valence-electron chi connectivity index (χ1n) is 11.1. The Labute approximate surface area is 190 Å². The molecule has 33 heavy (non-hydrogen) atoms. The molecule has 174 valence electrons. The molecule has 3 aromatic rings. The van der Waals surface area contributed by atoms with Crippen molar-refractivity contribution in [1.29, 1.82) is 0 Å². The van der Waals surface area contributed by atoms with Gasteiger partial charge in [0.05, 0.1) is 45.2 Å². The Morgan fingerprint density at radius 3 is 1.91 bits per heavy atom. The number of benzene rings is 3. The van der Waals surface area contributed by atoms with Crippen molar-refractivity contribution < 1.29 is 38.3 Å². The van der Waals surface area contributed by atoms with Crippen LogP contribution in [0.15, 0.2) is 42.5 Å². The third-order valence-electron chi connectivity index (χ3n) is 5.54. The van der Waals surface area contributed by atoms with Gasteiger partial charge in [-0.25, -0.2) is 4.79 Å². The molecule has 2 heterocycles. The van der Waals surface area contributed by atoms with Crippen LogP contribution in [0, 0.1) is 0 Å². The van der Waals surface area contributed by atoms with E-state index in [1.807, 2.05) is 30.3 Å². The van der Waals surface area contributed by atoms with Gasteiger partial charge in [0.2, 0.25) is 0 Å². The molecule has 1 N–H and O–H groups in total. The molecule has 2 unspecified atom stereocenters. The second kappa shape index (κ2) is 9.93. The third-order valence-corrected chi connectivity index (χ3v) is 5.54. The molecule has 2 fully saturated rings. The molecule has 2 atom stereocenters. The molecular formula is C25H26O8. The Hall–Kier alpha value is -2.91. The number of carbonyl (C=O) groups is 1. The summed E-state index contributed by atoms with van der Waals surface area (Å²) in [4.78, 5) is 12.1. The van der Waals surface area contributed by atoms with Crippen LogP contribution in [0.2, 0.25) is 0 Å². The van der Waals surface area contributed by atoms with Crippen LogP contribution in [0.4, 0.5) is 0 Å². The highest BCUT2D eigenvalue weighted by molar-refractivity contribution is 6.17. The molecule has 0 saturated carbocycles. The summed E-state index contributed by atoms with van der Waals surface area (Å²) in [7, 11) is 0. The molecule has 2 aliphatic heterocycles. The zero-order valence-corrected chi connectivity index (χ0v) is 18.2. The van der Waals surface area contributed by atoms with E-state index in [2.05, 4.69) is 0 Å². The van der Waals surface area contributed by atoms with E-state index < -0.39 is 5.97 Å². The number of carboxylic acids is 1. The molecule has 0 aromatic heterocycles. The van der Waals surface area contributed by atoms with Crippen molar-refractivity contribution in [2.75, 3.05) is 52.9 Å². The molecule has 8 nitrogen and oxygen atoms in total. The van der Waals surface area contributed by atoms with Crippen LogP contribution in [-0.2, 0) is 18.9 Å². The monoisotopic (exact) mass is 454 g/mol. The van der Waals surface area contributed by atoms with Crippen LogP contribution in [-0.4, -0.2) is 76.1 Å². The van der Waals surface area contributed by atoms with Crippen LogP contribution in [0.25, 0.3) is 21.5 Å². The first kappa shape index (κ1) is 21.9. The maximum atomic E-state index is 12.1. The highest BCUT2D eigenvalue weighted by Crippen LogP contribution is 2.44. The predicted octanol–water partition coefficient (Wildman–Crippen LogP) is 3.28. The van der Waals surface area contributed by atoms with E-state index >= 15 is 0 Å². The summed E-state index contributed by atoms with van der Waals surface area (Å²) >= 11 is 0. The zero-order valence-electron chi connectivity index (χ0n) is 18.2. The second-order valence-corrected chi connectivity index (χ2v) is 7.99. The third kappa shape index (κ3) is 5.20. The number of rotatable bonds is 13. The summed E-state index contributed by atoms with van der Waals surface area (Å²) in [5.41, 5.74) is 0.160. The summed E-state index contributed by atoms with van der Waals surface area (Å²) in [6, 6.07) is 12.8. The van der Waals surface area contributed by atoms with Gasteiger partial charge in [-0.05, 0) is 6.07 Å². The number of epoxide rings is 2. The fourth-order valence-corrected chi connectivity index (χ4v) is 3.79. The minimum atomic E-state index is -1.03. The Bertz CT molecular complexity index is 1140. The lowest BCUT2D eigenvalue weighted by Gasteiger charge is -2.19. The van der Waals surface area contributed by atoms with E-state index in [1.165, 1.54) is 0 Å². The van der Waals surface area contributed by atoms with Crippen LogP contribution >= 0.6 is 0 Å². The summed E-state index contributed by atoms with van der Waals surface area (Å²) in [5, 5.41) is 12.7. The van der Waals surface area contributed by atoms with Gasteiger partial charge in [-0.2, -0.15) is 0 Å². The molecular weight excluding hydrogens is 428 g/mol. The summed E-state index contributed by atoms with van der Waals surface area (Å²) in [6.07, 6.45) is 0.379. The first-order valence-corrected chi connectivity index (χ1v) is 11.1. The number of ether oxygens (including phenoxy) is 6. The lowest BCUT2D eigenvalue weighted by atomic mass is 9.97. The van der Waals surface area contributed by atoms with E-state index in [-0.39, 0.29) is 24.4 Å². The van der Waals surface area contributed by atoms with Gasteiger partial charge in [0.25, 0.3) is 0 Å². The van der Waals surface area contributed by atoms with E-state index in [1.54, 1.807) is 12.1 Å². The molecule has 0 amide bonds. The first-order chi connectivity index (χ1) is 16.2. The topological polar surface area (TPSA) is 99.3 Å². The van der Waals surface area contributed by atoms with Crippen LogP contribution in [0.5, 0.6) is 11.5 Å². The van der Waals surface area contributed by atoms with Gasteiger partial charge in [-0.3, -0.25) is 0 Å². The Morgan fingerprint density at radius 1 is 0.788 bits per heavy atom. The van der Waals surface area contributed by atoms with Gasteiger partial charge >= 0.3 is 5.97 Å². The number of aromatic carboxylic acids is 1. The zero-order chi connectivity index (χ0) is 22.6. The van der Waals surface area contributed by atoms with Gasteiger partial charge < -0.3 is 33.5 Å². The van der Waals surface area contributed by atoms with Gasteiger partial charge in [-0.15, -0.1) is 0 Å². The lowest BCUT2D eigenvalue weighted by Crippen LogP contribution is -2.12. The minimum absolute atomic E-state index is 0.160. The summed E-state index contributed by atoms with van der Waals surface area (Å²) in [5.74, 6) is 0.102. The molecule has 0 bridgehead atoms. The van der Waals surface area contributed by atoms with E-state index in [9.17, 15) is 9.90 Å². The van der Waals surface area contributed by atoms with Crippen molar-refractivity contribution in [3.05, 3.63) is 48.0 Å². The van der Waals surface area contributed by atoms with Gasteiger partial charge in [0.15, 0.2) is 0 Å². The summed E-state index contributed by atoms with van der Waals surface area (Å²) in [6.45, 7) is 3.98. The number of carboxylic acid groups (broad SMARTS) is 1. The minimum Gasteiger partial charge on any atom is -0.490 e. The Balaban J connectivity index is 1.46. The normalized spacial score (nSPS) is 19.0. The molecule has 0 radical (unpaired) electrons. The van der Waals surface area contributed by atoms with Crippen molar-refractivity contribution in [1.82, 2.24) is 0 Å². The van der Waals surface area contributed by atoms with Gasteiger partial charge in [-0.1, -0.05) is 36.4 Å². The standard InChI is InChI=1S/C25H26O8/c26-25(27)21-7-3-6-20-22(21)24(31-11-9-29-13-17-15-33-17)19-5-2-1-4-18(19)23(20)30-10-8-28-12-16-14-32-16/h1-7,16-17H,8-15H2,(H,26,27). The van der Waals surface area contributed by atoms with Crippen molar-refractivity contribution in [3.8, 4) is 11.5 Å². The van der Waals surface area contributed by atoms with Crippen molar-refractivity contribution >= 4 is 27.5 Å². The Kier molecular flexibility index (Phi) is 6.59. The Morgan fingerprint density at radius 2 is 1.33 bits per heavy atom. The smallest absolute Gasteiger partial charge is 0.336 e. The summed E-state index contributed by atoms with van der Waals surface area (Å²) < 4.78 is 33.8. The van der Waals surface area contributed by atoms with Crippen molar-refractivity contribution in [2.24, 2.45) is 0 Å². The fourth-order valence-electron chi connectivity index (χ4n) is 3.79. The molecule has 2 aliphatic rings. The molecule has 8 heteroatoms. The maximum Gasteiger partial charge on any atom is 0.336 e. The lowest BCUT2D eigenvalue weighted by molar-refractivity contribution is 0.0698. The average Bonchev–Trinajstić information content (AvgIpc) is 3.74. The molecule has 3 aromatic carbocycles. The second-order valence-electron chi connectivity index (χ2n) is 7.99. The van der Waals surface area contributed by atoms with E-state index in [0.29, 0.717) is 55.3 Å². The molecule has 2 saturated heterocycles. The van der Waals surface area contributed by atoms with Crippen LogP contribution in [0.1, 0.15) is 10.4 Å². The van der Waals surface area contributed by atoms with Gasteiger partial charge in [0.1, 0.15) is 36.9 Å². The van der Waals surface area contributed by atoms with E-state index in [4.69, 9.17) is 28.4 Å².